The molecule has 1 N–H and O–H groups in total. The standard InChI is InChI=1S/C20H27FN2O3/c1-13(14-8-6-5-7-9-14)23-12-15(16(21)17(23)24)20(10-11-20)22-18(25)26-19(2,3)4/h5-9,13,15-16H,10-12H2,1-4H3,(H,22,25)/t13-,15-,16-/m0/s1. The molecule has 2 aliphatic rings. The van der Waals surface area contributed by atoms with E-state index in [0.29, 0.717) is 19.4 Å². The third-order valence-corrected chi connectivity index (χ3v) is 5.26. The molecule has 3 rings (SSSR count). The van der Waals surface area contributed by atoms with Crippen LogP contribution in [-0.2, 0) is 9.53 Å². The van der Waals surface area contributed by atoms with Crippen LogP contribution in [0.5, 0.6) is 0 Å². The predicted molar refractivity (Wildman–Crippen MR) is 96.3 cm³/mol. The van der Waals surface area contributed by atoms with Crippen molar-refractivity contribution < 1.29 is 18.7 Å². The number of ether oxygens (including phenoxy) is 1. The first kappa shape index (κ1) is 18.7. The molecule has 2 fully saturated rings. The summed E-state index contributed by atoms with van der Waals surface area (Å²) in [4.78, 5) is 26.3. The van der Waals surface area contributed by atoms with E-state index in [0.717, 1.165) is 5.56 Å². The topological polar surface area (TPSA) is 58.6 Å². The highest BCUT2D eigenvalue weighted by Gasteiger charge is 2.60. The summed E-state index contributed by atoms with van der Waals surface area (Å²) in [6, 6.07) is 9.39. The van der Waals surface area contributed by atoms with E-state index in [9.17, 15) is 14.0 Å². The molecule has 1 aromatic rings. The maximum Gasteiger partial charge on any atom is 0.408 e. The molecule has 1 aromatic carbocycles. The minimum Gasteiger partial charge on any atom is -0.444 e. The Kier molecular flexibility index (Phi) is 4.71. The Hall–Kier alpha value is -2.11. The summed E-state index contributed by atoms with van der Waals surface area (Å²) in [5.74, 6) is -1.04. The summed E-state index contributed by atoms with van der Waals surface area (Å²) < 4.78 is 20.2. The molecule has 0 radical (unpaired) electrons. The van der Waals surface area contributed by atoms with E-state index in [1.165, 1.54) is 0 Å². The van der Waals surface area contributed by atoms with Crippen molar-refractivity contribution in [1.82, 2.24) is 10.2 Å². The number of alkyl halides is 1. The Bertz CT molecular complexity index is 682. The number of benzene rings is 1. The minimum atomic E-state index is -1.60. The van der Waals surface area contributed by atoms with Gasteiger partial charge in [-0.3, -0.25) is 4.79 Å². The molecule has 0 unspecified atom stereocenters. The molecule has 0 spiro atoms. The van der Waals surface area contributed by atoms with Crippen LogP contribution in [0.4, 0.5) is 9.18 Å². The van der Waals surface area contributed by atoms with Crippen molar-refractivity contribution in [3.05, 3.63) is 35.9 Å². The number of halogens is 1. The van der Waals surface area contributed by atoms with Gasteiger partial charge in [0, 0.05) is 12.5 Å². The minimum absolute atomic E-state index is 0.204. The largest absolute Gasteiger partial charge is 0.444 e. The first-order valence-electron chi connectivity index (χ1n) is 9.14. The number of hydrogen-bond acceptors (Lipinski definition) is 3. The summed E-state index contributed by atoms with van der Waals surface area (Å²) in [7, 11) is 0. The van der Waals surface area contributed by atoms with Gasteiger partial charge in [0.05, 0.1) is 11.6 Å². The molecular weight excluding hydrogens is 335 g/mol. The van der Waals surface area contributed by atoms with Crippen LogP contribution in [-0.4, -0.2) is 40.8 Å². The number of rotatable bonds is 4. The zero-order valence-corrected chi connectivity index (χ0v) is 15.8. The zero-order valence-electron chi connectivity index (χ0n) is 15.8. The molecule has 2 amide bonds. The molecule has 0 bridgehead atoms. The maximum atomic E-state index is 14.8. The number of nitrogens with one attached hydrogen (secondary N) is 1. The first-order chi connectivity index (χ1) is 12.1. The fraction of sp³-hybridized carbons (Fsp3) is 0.600. The molecule has 1 aliphatic carbocycles. The number of amides is 2. The third-order valence-electron chi connectivity index (χ3n) is 5.26. The number of hydrogen-bond donors (Lipinski definition) is 1. The average Bonchev–Trinajstić information content (AvgIpc) is 3.26. The van der Waals surface area contributed by atoms with Gasteiger partial charge >= 0.3 is 6.09 Å². The van der Waals surface area contributed by atoms with E-state index < -0.39 is 35.2 Å². The summed E-state index contributed by atoms with van der Waals surface area (Å²) in [6.45, 7) is 7.56. The SMILES string of the molecule is C[C@@H](c1ccccc1)N1C[C@H](C2(NC(=O)OC(C)(C)C)CC2)[C@H](F)C1=O. The van der Waals surface area contributed by atoms with E-state index in [4.69, 9.17) is 4.74 Å². The lowest BCUT2D eigenvalue weighted by Gasteiger charge is -2.28. The molecular formula is C20H27FN2O3. The summed E-state index contributed by atoms with van der Waals surface area (Å²) in [5, 5.41) is 2.84. The van der Waals surface area contributed by atoms with Crippen LogP contribution in [0.2, 0.25) is 0 Å². The van der Waals surface area contributed by atoms with Crippen LogP contribution in [0.1, 0.15) is 52.1 Å². The van der Waals surface area contributed by atoms with Gasteiger partial charge in [-0.25, -0.2) is 9.18 Å². The van der Waals surface area contributed by atoms with Gasteiger partial charge in [-0.2, -0.15) is 0 Å². The maximum absolute atomic E-state index is 14.8. The Morgan fingerprint density at radius 2 is 1.92 bits per heavy atom. The monoisotopic (exact) mass is 362 g/mol. The van der Waals surface area contributed by atoms with Crippen molar-refractivity contribution >= 4 is 12.0 Å². The lowest BCUT2D eigenvalue weighted by molar-refractivity contribution is -0.133. The molecule has 6 heteroatoms. The first-order valence-corrected chi connectivity index (χ1v) is 9.14. The van der Waals surface area contributed by atoms with Crippen LogP contribution >= 0.6 is 0 Å². The van der Waals surface area contributed by atoms with Crippen LogP contribution in [0.3, 0.4) is 0 Å². The lowest BCUT2D eigenvalue weighted by atomic mass is 9.94. The lowest BCUT2D eigenvalue weighted by Crippen LogP contribution is -2.48. The van der Waals surface area contributed by atoms with Gasteiger partial charge in [0.25, 0.3) is 5.91 Å². The fourth-order valence-electron chi connectivity index (χ4n) is 3.67. The summed E-state index contributed by atoms with van der Waals surface area (Å²) >= 11 is 0. The molecule has 142 valence electrons. The summed E-state index contributed by atoms with van der Waals surface area (Å²) in [6.07, 6.45) is -0.820. The number of nitrogens with zero attached hydrogens (tertiary/aromatic N) is 1. The van der Waals surface area contributed by atoms with Crippen molar-refractivity contribution in [2.75, 3.05) is 6.54 Å². The van der Waals surface area contributed by atoms with Crippen molar-refractivity contribution in [2.24, 2.45) is 5.92 Å². The highest BCUT2D eigenvalue weighted by atomic mass is 19.1. The van der Waals surface area contributed by atoms with Crippen molar-refractivity contribution in [2.45, 2.75) is 63.9 Å². The van der Waals surface area contributed by atoms with E-state index in [1.54, 1.807) is 25.7 Å². The fourth-order valence-corrected chi connectivity index (χ4v) is 3.67. The van der Waals surface area contributed by atoms with Gasteiger partial charge in [0.15, 0.2) is 6.17 Å². The number of carbonyl (C=O) groups is 2. The number of alkyl carbamates (subject to hydrolysis) is 1. The summed E-state index contributed by atoms with van der Waals surface area (Å²) in [5.41, 5.74) is -0.323. The Balaban J connectivity index is 1.71. The van der Waals surface area contributed by atoms with Gasteiger partial charge in [-0.15, -0.1) is 0 Å². The van der Waals surface area contributed by atoms with Crippen LogP contribution in [0.25, 0.3) is 0 Å². The van der Waals surface area contributed by atoms with Crippen LogP contribution in [0.15, 0.2) is 30.3 Å². The second-order valence-corrected chi connectivity index (χ2v) is 8.37. The quantitative estimate of drug-likeness (QED) is 0.890. The molecule has 1 heterocycles. The van der Waals surface area contributed by atoms with Crippen molar-refractivity contribution in [1.29, 1.82) is 0 Å². The molecule has 26 heavy (non-hydrogen) atoms. The number of likely N-dealkylation sites (tertiary alicyclic amines) is 1. The van der Waals surface area contributed by atoms with Gasteiger partial charge in [0.2, 0.25) is 0 Å². The van der Waals surface area contributed by atoms with Gasteiger partial charge in [0.1, 0.15) is 5.60 Å². The highest BCUT2D eigenvalue weighted by molar-refractivity contribution is 5.84. The van der Waals surface area contributed by atoms with Gasteiger partial charge in [-0.1, -0.05) is 30.3 Å². The highest BCUT2D eigenvalue weighted by Crippen LogP contribution is 2.48. The molecule has 5 nitrogen and oxygen atoms in total. The van der Waals surface area contributed by atoms with Crippen molar-refractivity contribution in [3.63, 3.8) is 0 Å². The zero-order chi connectivity index (χ0) is 19.1. The number of carbonyl (C=O) groups excluding carboxylic acids is 2. The van der Waals surface area contributed by atoms with Crippen molar-refractivity contribution in [3.8, 4) is 0 Å². The predicted octanol–water partition coefficient (Wildman–Crippen LogP) is 3.60. The second-order valence-electron chi connectivity index (χ2n) is 8.37. The Morgan fingerprint density at radius 3 is 2.46 bits per heavy atom. The van der Waals surface area contributed by atoms with E-state index in [2.05, 4.69) is 5.32 Å². The normalized spacial score (nSPS) is 25.7. The van der Waals surface area contributed by atoms with E-state index in [1.807, 2.05) is 37.3 Å². The smallest absolute Gasteiger partial charge is 0.408 e. The average molecular weight is 362 g/mol. The second kappa shape index (κ2) is 6.56. The van der Waals surface area contributed by atoms with Gasteiger partial charge in [-0.05, 0) is 46.1 Å². The molecule has 1 saturated heterocycles. The Morgan fingerprint density at radius 1 is 1.31 bits per heavy atom. The van der Waals surface area contributed by atoms with Gasteiger partial charge < -0.3 is 15.0 Å². The van der Waals surface area contributed by atoms with E-state index in [-0.39, 0.29) is 6.04 Å². The van der Waals surface area contributed by atoms with E-state index >= 15 is 0 Å². The van der Waals surface area contributed by atoms with Crippen LogP contribution in [0, 0.1) is 5.92 Å². The molecule has 1 saturated carbocycles. The Labute approximate surface area is 153 Å². The molecule has 3 atom stereocenters. The molecule has 0 aromatic heterocycles. The molecule has 1 aliphatic heterocycles. The third kappa shape index (κ3) is 3.69. The van der Waals surface area contributed by atoms with Crippen LogP contribution < -0.4 is 5.32 Å².